The summed E-state index contributed by atoms with van der Waals surface area (Å²) in [7, 11) is -3.46. The molecule has 0 bridgehead atoms. The Morgan fingerprint density at radius 3 is 2.94 bits per heavy atom. The Kier molecular flexibility index (Phi) is 5.08. The number of nitriles is 1. The fraction of sp³-hybridized carbons (Fsp3) is 0.455. The van der Waals surface area contributed by atoms with Gasteiger partial charge in [0.05, 0.1) is 11.3 Å². The molecule has 2 heterocycles. The summed E-state index contributed by atoms with van der Waals surface area (Å²) >= 11 is 0. The molecule has 1 atom stereocenters. The molecule has 5 nitrogen and oxygen atoms in total. The van der Waals surface area contributed by atoms with E-state index >= 15 is 0 Å². The fourth-order valence-corrected chi connectivity index (χ4v) is 3.70. The van der Waals surface area contributed by atoms with E-state index in [2.05, 4.69) is 10.3 Å². The van der Waals surface area contributed by atoms with Crippen molar-refractivity contribution >= 4 is 22.2 Å². The Bertz CT molecular complexity index is 548. The van der Waals surface area contributed by atoms with Crippen molar-refractivity contribution in [1.29, 1.82) is 5.26 Å². The first kappa shape index (κ1) is 14.9. The van der Waals surface area contributed by atoms with Crippen LogP contribution in [0.1, 0.15) is 12.0 Å². The lowest BCUT2D eigenvalue weighted by Gasteiger charge is -2.09. The minimum Gasteiger partial charge on any atom is -0.316 e. The van der Waals surface area contributed by atoms with Crippen LogP contribution in [0.3, 0.4) is 0 Å². The van der Waals surface area contributed by atoms with Gasteiger partial charge in [0.2, 0.25) is 0 Å². The molecule has 1 aromatic heterocycles. The zero-order chi connectivity index (χ0) is 12.3. The summed E-state index contributed by atoms with van der Waals surface area (Å²) in [4.78, 5) is 3.83. The molecule has 1 N–H and O–H groups in total. The van der Waals surface area contributed by atoms with Crippen molar-refractivity contribution in [3.63, 3.8) is 0 Å². The second-order valence-electron chi connectivity index (χ2n) is 4.11. The largest absolute Gasteiger partial charge is 0.316 e. The third kappa shape index (κ3) is 3.19. The second-order valence-corrected chi connectivity index (χ2v) is 6.06. The average Bonchev–Trinajstić information content (AvgIpc) is 2.81. The first-order chi connectivity index (χ1) is 8.13. The highest BCUT2D eigenvalue weighted by Gasteiger charge is 2.26. The fourth-order valence-electron chi connectivity index (χ4n) is 1.97. The second kappa shape index (κ2) is 6.14. The van der Waals surface area contributed by atoms with Gasteiger partial charge in [-0.1, -0.05) is 0 Å². The van der Waals surface area contributed by atoms with Gasteiger partial charge in [-0.15, -0.1) is 12.4 Å². The van der Waals surface area contributed by atoms with Gasteiger partial charge < -0.3 is 5.32 Å². The Morgan fingerprint density at radius 2 is 2.33 bits per heavy atom. The topological polar surface area (TPSA) is 82.8 Å². The van der Waals surface area contributed by atoms with Gasteiger partial charge in [0.15, 0.2) is 14.9 Å². The van der Waals surface area contributed by atoms with Crippen molar-refractivity contribution in [1.82, 2.24) is 10.3 Å². The number of nitrogens with one attached hydrogen (secondary N) is 1. The molecule has 1 aromatic rings. The molecule has 1 aliphatic heterocycles. The predicted molar refractivity (Wildman–Crippen MR) is 69.2 cm³/mol. The highest BCUT2D eigenvalue weighted by molar-refractivity contribution is 7.91. The molecule has 0 aliphatic carbocycles. The zero-order valence-electron chi connectivity index (χ0n) is 9.67. The molecule has 1 aliphatic rings. The van der Waals surface area contributed by atoms with Gasteiger partial charge in [0, 0.05) is 6.20 Å². The molecule has 0 amide bonds. The van der Waals surface area contributed by atoms with E-state index < -0.39 is 9.84 Å². The van der Waals surface area contributed by atoms with Crippen LogP contribution in [0, 0.1) is 17.2 Å². The molecule has 1 unspecified atom stereocenters. The van der Waals surface area contributed by atoms with Crippen LogP contribution in [0.15, 0.2) is 23.4 Å². The molecule has 1 saturated heterocycles. The van der Waals surface area contributed by atoms with E-state index in [1.807, 2.05) is 6.07 Å². The van der Waals surface area contributed by atoms with E-state index in [0.717, 1.165) is 13.0 Å². The maximum Gasteiger partial charge on any atom is 0.197 e. The van der Waals surface area contributed by atoms with Crippen LogP contribution in [0.25, 0.3) is 0 Å². The molecule has 0 radical (unpaired) electrons. The highest BCUT2D eigenvalue weighted by atomic mass is 35.5. The van der Waals surface area contributed by atoms with E-state index in [1.165, 1.54) is 12.3 Å². The van der Waals surface area contributed by atoms with Crippen molar-refractivity contribution in [3.8, 4) is 6.07 Å². The van der Waals surface area contributed by atoms with Gasteiger partial charge >= 0.3 is 0 Å². The Hall–Kier alpha value is -1.16. The van der Waals surface area contributed by atoms with Crippen molar-refractivity contribution in [3.05, 3.63) is 23.9 Å². The number of rotatable bonds is 3. The number of sulfone groups is 1. The van der Waals surface area contributed by atoms with Crippen LogP contribution < -0.4 is 5.32 Å². The Balaban J connectivity index is 0.00000162. The average molecular weight is 288 g/mol. The van der Waals surface area contributed by atoms with E-state index in [9.17, 15) is 8.42 Å². The lowest BCUT2D eigenvalue weighted by atomic mass is 10.2. The molecular formula is C11H14ClN3O2S. The number of halogens is 1. The van der Waals surface area contributed by atoms with Crippen molar-refractivity contribution < 1.29 is 8.42 Å². The van der Waals surface area contributed by atoms with Gasteiger partial charge in [-0.3, -0.25) is 0 Å². The summed E-state index contributed by atoms with van der Waals surface area (Å²) < 4.78 is 24.3. The maximum atomic E-state index is 12.1. The SMILES string of the molecule is Cl.N#Cc1cccnc1S(=O)(=O)CC1CCNC1. The summed E-state index contributed by atoms with van der Waals surface area (Å²) in [6.07, 6.45) is 2.26. The van der Waals surface area contributed by atoms with Gasteiger partial charge in [-0.25, -0.2) is 13.4 Å². The number of aromatic nitrogens is 1. The Morgan fingerprint density at radius 1 is 1.56 bits per heavy atom. The molecule has 2 rings (SSSR count). The van der Waals surface area contributed by atoms with E-state index in [1.54, 1.807) is 6.07 Å². The molecule has 98 valence electrons. The van der Waals surface area contributed by atoms with Gasteiger partial charge in [0.25, 0.3) is 0 Å². The molecule has 0 spiro atoms. The van der Waals surface area contributed by atoms with E-state index in [0.29, 0.717) is 6.54 Å². The van der Waals surface area contributed by atoms with Crippen LogP contribution in [-0.4, -0.2) is 32.2 Å². The summed E-state index contributed by atoms with van der Waals surface area (Å²) in [6.45, 7) is 1.57. The monoisotopic (exact) mass is 287 g/mol. The summed E-state index contributed by atoms with van der Waals surface area (Å²) in [5.74, 6) is 0.180. The summed E-state index contributed by atoms with van der Waals surface area (Å²) in [6, 6.07) is 4.91. The Labute approximate surface area is 113 Å². The predicted octanol–water partition coefficient (Wildman–Crippen LogP) is 0.758. The normalized spacial score (nSPS) is 18.9. The number of hydrogen-bond donors (Lipinski definition) is 1. The quantitative estimate of drug-likeness (QED) is 0.887. The van der Waals surface area contributed by atoms with Gasteiger partial charge in [-0.2, -0.15) is 5.26 Å². The first-order valence-electron chi connectivity index (χ1n) is 5.42. The van der Waals surface area contributed by atoms with Crippen LogP contribution >= 0.6 is 12.4 Å². The van der Waals surface area contributed by atoms with E-state index in [-0.39, 0.29) is 34.7 Å². The molecule has 18 heavy (non-hydrogen) atoms. The number of nitrogens with zero attached hydrogens (tertiary/aromatic N) is 2. The molecule has 1 fully saturated rings. The third-order valence-corrected chi connectivity index (χ3v) is 4.63. The van der Waals surface area contributed by atoms with Crippen LogP contribution in [0.5, 0.6) is 0 Å². The van der Waals surface area contributed by atoms with Crippen molar-refractivity contribution in [2.45, 2.75) is 11.4 Å². The van der Waals surface area contributed by atoms with Crippen molar-refractivity contribution in [2.75, 3.05) is 18.8 Å². The van der Waals surface area contributed by atoms with Crippen LogP contribution in [-0.2, 0) is 9.84 Å². The standard InChI is InChI=1S/C11H13N3O2S.ClH/c12-6-10-2-1-4-14-11(10)17(15,16)8-9-3-5-13-7-9;/h1-2,4,9,13H,3,5,7-8H2;1H. The number of hydrogen-bond acceptors (Lipinski definition) is 5. The minimum absolute atomic E-state index is 0. The lowest BCUT2D eigenvalue weighted by Crippen LogP contribution is -2.20. The lowest BCUT2D eigenvalue weighted by molar-refractivity contribution is 0.567. The van der Waals surface area contributed by atoms with Crippen LogP contribution in [0.4, 0.5) is 0 Å². The first-order valence-corrected chi connectivity index (χ1v) is 7.07. The molecule has 0 aromatic carbocycles. The molecular weight excluding hydrogens is 274 g/mol. The zero-order valence-corrected chi connectivity index (χ0v) is 11.3. The smallest absolute Gasteiger partial charge is 0.197 e. The van der Waals surface area contributed by atoms with Gasteiger partial charge in [0.1, 0.15) is 6.07 Å². The van der Waals surface area contributed by atoms with Crippen LogP contribution in [0.2, 0.25) is 0 Å². The van der Waals surface area contributed by atoms with E-state index in [4.69, 9.17) is 5.26 Å². The minimum atomic E-state index is -3.46. The van der Waals surface area contributed by atoms with Gasteiger partial charge in [-0.05, 0) is 37.6 Å². The third-order valence-electron chi connectivity index (χ3n) is 2.80. The molecule has 7 heteroatoms. The van der Waals surface area contributed by atoms with Crippen molar-refractivity contribution in [2.24, 2.45) is 5.92 Å². The highest BCUT2D eigenvalue weighted by Crippen LogP contribution is 2.18. The number of pyridine rings is 1. The molecule has 0 saturated carbocycles. The summed E-state index contributed by atoms with van der Waals surface area (Å²) in [5.41, 5.74) is 0.124. The maximum absolute atomic E-state index is 12.1. The summed E-state index contributed by atoms with van der Waals surface area (Å²) in [5, 5.41) is 11.9.